The van der Waals surface area contributed by atoms with E-state index in [2.05, 4.69) is 32.9 Å². The maximum Gasteiger partial charge on any atom is 0.144 e. The molecule has 1 aromatic carbocycles. The number of ketones is 1. The zero-order chi connectivity index (χ0) is 13.2. The number of hydrogen-bond donors (Lipinski definition) is 1. The maximum atomic E-state index is 12.2. The molecule has 0 saturated heterocycles. The van der Waals surface area contributed by atoms with Crippen molar-refractivity contribution in [3.05, 3.63) is 34.4 Å². The SMILES string of the molecule is Cc1cc(C)c(CC(=O)C(C)(C)CN)c(C)c1. The van der Waals surface area contributed by atoms with Crippen LogP contribution in [0.2, 0.25) is 0 Å². The molecule has 0 aliphatic carbocycles. The van der Waals surface area contributed by atoms with Crippen molar-refractivity contribution in [3.8, 4) is 0 Å². The summed E-state index contributed by atoms with van der Waals surface area (Å²) < 4.78 is 0. The molecule has 0 amide bonds. The third kappa shape index (κ3) is 3.16. The van der Waals surface area contributed by atoms with Gasteiger partial charge in [0.25, 0.3) is 0 Å². The highest BCUT2D eigenvalue weighted by Crippen LogP contribution is 2.22. The average Bonchev–Trinajstić information content (AvgIpc) is 2.22. The molecule has 0 atom stereocenters. The zero-order valence-corrected chi connectivity index (χ0v) is 11.6. The minimum atomic E-state index is -0.427. The minimum Gasteiger partial charge on any atom is -0.329 e. The molecule has 2 heteroatoms. The molecule has 17 heavy (non-hydrogen) atoms. The Hall–Kier alpha value is -1.15. The molecule has 2 nitrogen and oxygen atoms in total. The smallest absolute Gasteiger partial charge is 0.144 e. The summed E-state index contributed by atoms with van der Waals surface area (Å²) in [5.74, 6) is 0.218. The van der Waals surface area contributed by atoms with E-state index in [9.17, 15) is 4.79 Å². The lowest BCUT2D eigenvalue weighted by Crippen LogP contribution is -2.34. The molecule has 0 radical (unpaired) electrons. The summed E-state index contributed by atoms with van der Waals surface area (Å²) in [5.41, 5.74) is 10.0. The third-order valence-corrected chi connectivity index (χ3v) is 3.44. The van der Waals surface area contributed by atoms with Crippen LogP contribution in [0.5, 0.6) is 0 Å². The van der Waals surface area contributed by atoms with Gasteiger partial charge in [-0.05, 0) is 37.5 Å². The van der Waals surface area contributed by atoms with Crippen LogP contribution in [-0.4, -0.2) is 12.3 Å². The van der Waals surface area contributed by atoms with Gasteiger partial charge in [-0.2, -0.15) is 0 Å². The average molecular weight is 233 g/mol. The molecule has 0 fully saturated rings. The normalized spacial score (nSPS) is 11.6. The van der Waals surface area contributed by atoms with Crippen LogP contribution in [-0.2, 0) is 11.2 Å². The molecule has 1 rings (SSSR count). The molecule has 0 unspecified atom stereocenters. The lowest BCUT2D eigenvalue weighted by Gasteiger charge is -2.22. The van der Waals surface area contributed by atoms with Gasteiger partial charge in [-0.1, -0.05) is 31.5 Å². The van der Waals surface area contributed by atoms with E-state index in [1.165, 1.54) is 16.7 Å². The fourth-order valence-electron chi connectivity index (χ4n) is 2.00. The van der Waals surface area contributed by atoms with Crippen LogP contribution in [0.4, 0.5) is 0 Å². The highest BCUT2D eigenvalue weighted by molar-refractivity contribution is 5.86. The van der Waals surface area contributed by atoms with E-state index in [1.54, 1.807) is 0 Å². The standard InChI is InChI=1S/C15H23NO/c1-10-6-11(2)13(12(3)7-10)8-14(17)15(4,5)9-16/h6-7H,8-9,16H2,1-5H3. The molecular weight excluding hydrogens is 210 g/mol. The van der Waals surface area contributed by atoms with Crippen LogP contribution in [0, 0.1) is 26.2 Å². The fraction of sp³-hybridized carbons (Fsp3) is 0.533. The minimum absolute atomic E-state index is 0.218. The number of rotatable bonds is 4. The quantitative estimate of drug-likeness (QED) is 0.869. The monoisotopic (exact) mass is 233 g/mol. The number of carbonyl (C=O) groups is 1. The Bertz CT molecular complexity index is 410. The van der Waals surface area contributed by atoms with Gasteiger partial charge in [-0.3, -0.25) is 4.79 Å². The molecule has 0 saturated carbocycles. The number of aryl methyl sites for hydroxylation is 3. The predicted octanol–water partition coefficient (Wildman–Crippen LogP) is 2.71. The van der Waals surface area contributed by atoms with Gasteiger partial charge in [-0.15, -0.1) is 0 Å². The largest absolute Gasteiger partial charge is 0.329 e. The van der Waals surface area contributed by atoms with Crippen LogP contribution in [0.15, 0.2) is 12.1 Å². The van der Waals surface area contributed by atoms with E-state index >= 15 is 0 Å². The first-order chi connectivity index (χ1) is 7.77. The van der Waals surface area contributed by atoms with Crippen molar-refractivity contribution in [1.29, 1.82) is 0 Å². The van der Waals surface area contributed by atoms with Crippen LogP contribution >= 0.6 is 0 Å². The predicted molar refractivity (Wildman–Crippen MR) is 72.2 cm³/mol. The van der Waals surface area contributed by atoms with Crippen molar-refractivity contribution < 1.29 is 4.79 Å². The van der Waals surface area contributed by atoms with Crippen LogP contribution in [0.25, 0.3) is 0 Å². The van der Waals surface area contributed by atoms with Gasteiger partial charge in [0.1, 0.15) is 5.78 Å². The van der Waals surface area contributed by atoms with Gasteiger partial charge in [-0.25, -0.2) is 0 Å². The molecule has 94 valence electrons. The van der Waals surface area contributed by atoms with Gasteiger partial charge >= 0.3 is 0 Å². The van der Waals surface area contributed by atoms with Gasteiger partial charge in [0.05, 0.1) is 0 Å². The van der Waals surface area contributed by atoms with Crippen molar-refractivity contribution in [2.24, 2.45) is 11.1 Å². The first-order valence-electron chi connectivity index (χ1n) is 6.08. The summed E-state index contributed by atoms with van der Waals surface area (Å²) in [7, 11) is 0. The highest BCUT2D eigenvalue weighted by Gasteiger charge is 2.26. The van der Waals surface area contributed by atoms with E-state index in [-0.39, 0.29) is 5.78 Å². The molecule has 0 spiro atoms. The summed E-state index contributed by atoms with van der Waals surface area (Å²) in [4.78, 5) is 12.2. The molecule has 0 aromatic heterocycles. The molecule has 0 heterocycles. The van der Waals surface area contributed by atoms with E-state index in [1.807, 2.05) is 13.8 Å². The summed E-state index contributed by atoms with van der Waals surface area (Å²) in [6, 6.07) is 4.26. The lowest BCUT2D eigenvalue weighted by molar-refractivity contribution is -0.125. The summed E-state index contributed by atoms with van der Waals surface area (Å²) in [6.07, 6.45) is 0.488. The third-order valence-electron chi connectivity index (χ3n) is 3.44. The van der Waals surface area contributed by atoms with Gasteiger partial charge in [0, 0.05) is 18.4 Å². The maximum absolute atomic E-state index is 12.2. The Labute approximate surface area is 104 Å². The van der Waals surface area contributed by atoms with E-state index in [0.29, 0.717) is 13.0 Å². The Balaban J connectivity index is 3.01. The zero-order valence-electron chi connectivity index (χ0n) is 11.6. The first kappa shape index (κ1) is 13.9. The van der Waals surface area contributed by atoms with Crippen LogP contribution in [0.3, 0.4) is 0 Å². The topological polar surface area (TPSA) is 43.1 Å². The van der Waals surface area contributed by atoms with E-state index in [4.69, 9.17) is 5.73 Å². The number of carbonyl (C=O) groups excluding carboxylic acids is 1. The number of hydrogen-bond acceptors (Lipinski definition) is 2. The second-order valence-corrected chi connectivity index (χ2v) is 5.57. The number of nitrogens with two attached hydrogens (primary N) is 1. The number of benzene rings is 1. The summed E-state index contributed by atoms with van der Waals surface area (Å²) in [5, 5.41) is 0. The Morgan fingerprint density at radius 2 is 1.65 bits per heavy atom. The number of Topliss-reactive ketones (excluding diaryl/α,β-unsaturated/α-hetero) is 1. The molecule has 0 aliphatic heterocycles. The fourth-order valence-corrected chi connectivity index (χ4v) is 2.00. The van der Waals surface area contributed by atoms with E-state index in [0.717, 1.165) is 5.56 Å². The Kier molecular flexibility index (Phi) is 4.10. The van der Waals surface area contributed by atoms with E-state index < -0.39 is 5.41 Å². The molecule has 2 N–H and O–H groups in total. The van der Waals surface area contributed by atoms with Crippen LogP contribution in [0.1, 0.15) is 36.1 Å². The molecule has 1 aromatic rings. The lowest BCUT2D eigenvalue weighted by atomic mass is 9.83. The molecule has 0 aliphatic rings. The Morgan fingerprint density at radius 1 is 1.18 bits per heavy atom. The van der Waals surface area contributed by atoms with Gasteiger partial charge in [0.2, 0.25) is 0 Å². The molecular formula is C15H23NO. The van der Waals surface area contributed by atoms with Crippen molar-refractivity contribution in [1.82, 2.24) is 0 Å². The second-order valence-electron chi connectivity index (χ2n) is 5.57. The second kappa shape index (κ2) is 5.01. The van der Waals surface area contributed by atoms with Crippen molar-refractivity contribution in [2.45, 2.75) is 41.0 Å². The molecule has 0 bridgehead atoms. The van der Waals surface area contributed by atoms with Crippen molar-refractivity contribution >= 4 is 5.78 Å². The van der Waals surface area contributed by atoms with Gasteiger partial charge in [0.15, 0.2) is 0 Å². The Morgan fingerprint density at radius 3 is 2.06 bits per heavy atom. The van der Waals surface area contributed by atoms with Crippen molar-refractivity contribution in [2.75, 3.05) is 6.54 Å². The first-order valence-corrected chi connectivity index (χ1v) is 6.08. The van der Waals surface area contributed by atoms with Gasteiger partial charge < -0.3 is 5.73 Å². The summed E-state index contributed by atoms with van der Waals surface area (Å²) >= 11 is 0. The summed E-state index contributed by atoms with van der Waals surface area (Å²) in [6.45, 7) is 10.4. The van der Waals surface area contributed by atoms with Crippen molar-refractivity contribution in [3.63, 3.8) is 0 Å². The van der Waals surface area contributed by atoms with Crippen LogP contribution < -0.4 is 5.73 Å². The highest BCUT2D eigenvalue weighted by atomic mass is 16.1.